The molecule has 0 unspecified atom stereocenters. The predicted molar refractivity (Wildman–Crippen MR) is 119 cm³/mol. The third-order valence-corrected chi connectivity index (χ3v) is 4.34. The van der Waals surface area contributed by atoms with E-state index >= 15 is 0 Å². The van der Waals surface area contributed by atoms with Crippen molar-refractivity contribution in [1.29, 1.82) is 0 Å². The van der Waals surface area contributed by atoms with Crippen molar-refractivity contribution in [3.8, 4) is 0 Å². The zero-order valence-electron chi connectivity index (χ0n) is 17.6. The van der Waals surface area contributed by atoms with Crippen LogP contribution in [0.2, 0.25) is 0 Å². The van der Waals surface area contributed by atoms with Crippen LogP contribution < -0.4 is 21.3 Å². The first-order chi connectivity index (χ1) is 14.5. The van der Waals surface area contributed by atoms with Crippen LogP contribution in [0.5, 0.6) is 0 Å². The van der Waals surface area contributed by atoms with Gasteiger partial charge in [0.2, 0.25) is 11.8 Å². The highest BCUT2D eigenvalue weighted by Crippen LogP contribution is 2.11. The number of carbonyl (C=O) groups is 3. The maximum atomic E-state index is 12.0. The maximum Gasteiger partial charge on any atom is 0.315 e. The Bertz CT molecular complexity index is 763. The molecule has 0 bridgehead atoms. The van der Waals surface area contributed by atoms with E-state index in [4.69, 9.17) is 0 Å². The first-order valence-electron chi connectivity index (χ1n) is 10.3. The number of benzene rings is 2. The number of amides is 4. The van der Waals surface area contributed by atoms with Crippen molar-refractivity contribution in [3.05, 3.63) is 59.7 Å². The molecule has 7 nitrogen and oxygen atoms in total. The van der Waals surface area contributed by atoms with Gasteiger partial charge in [0.25, 0.3) is 0 Å². The van der Waals surface area contributed by atoms with Gasteiger partial charge >= 0.3 is 6.03 Å². The molecule has 0 saturated heterocycles. The largest absolute Gasteiger partial charge is 0.334 e. The Labute approximate surface area is 177 Å². The van der Waals surface area contributed by atoms with E-state index in [9.17, 15) is 14.4 Å². The zero-order valence-corrected chi connectivity index (χ0v) is 17.6. The minimum Gasteiger partial charge on any atom is -0.334 e. The Balaban J connectivity index is 1.72. The molecular weight excluding hydrogens is 380 g/mol. The summed E-state index contributed by atoms with van der Waals surface area (Å²) >= 11 is 0. The monoisotopic (exact) mass is 410 g/mol. The molecule has 2 aromatic carbocycles. The molecule has 4 N–H and O–H groups in total. The molecular formula is C23H30N4O3. The summed E-state index contributed by atoms with van der Waals surface area (Å²) in [5.74, 6) is -0.00162. The fourth-order valence-corrected chi connectivity index (χ4v) is 2.74. The molecule has 0 heterocycles. The van der Waals surface area contributed by atoms with E-state index in [0.29, 0.717) is 25.9 Å². The van der Waals surface area contributed by atoms with Crippen molar-refractivity contribution in [3.63, 3.8) is 0 Å². The molecule has 0 aliphatic rings. The van der Waals surface area contributed by atoms with Gasteiger partial charge in [-0.3, -0.25) is 9.59 Å². The summed E-state index contributed by atoms with van der Waals surface area (Å²) in [7, 11) is 0. The summed E-state index contributed by atoms with van der Waals surface area (Å²) in [5.41, 5.74) is 3.36. The Kier molecular flexibility index (Phi) is 9.37. The number of urea groups is 1. The first-order valence-corrected chi connectivity index (χ1v) is 10.3. The third kappa shape index (κ3) is 8.34. The molecule has 0 aromatic heterocycles. The average Bonchev–Trinajstić information content (AvgIpc) is 2.73. The molecule has 7 heteroatoms. The van der Waals surface area contributed by atoms with E-state index in [2.05, 4.69) is 21.3 Å². The Morgan fingerprint density at radius 2 is 1.00 bits per heavy atom. The van der Waals surface area contributed by atoms with Gasteiger partial charge in [0.15, 0.2) is 0 Å². The van der Waals surface area contributed by atoms with Crippen LogP contribution in [-0.2, 0) is 22.7 Å². The van der Waals surface area contributed by atoms with Gasteiger partial charge in [-0.15, -0.1) is 0 Å². The summed E-state index contributed by atoms with van der Waals surface area (Å²) in [6.45, 7) is 4.69. The molecule has 2 rings (SSSR count). The van der Waals surface area contributed by atoms with Crippen molar-refractivity contribution in [2.75, 3.05) is 10.6 Å². The van der Waals surface area contributed by atoms with E-state index in [0.717, 1.165) is 35.3 Å². The fourth-order valence-electron chi connectivity index (χ4n) is 2.74. The molecule has 0 atom stereocenters. The quantitative estimate of drug-likeness (QED) is 0.473. The van der Waals surface area contributed by atoms with E-state index in [1.807, 2.05) is 62.4 Å². The minimum atomic E-state index is -0.268. The summed E-state index contributed by atoms with van der Waals surface area (Å²) in [5, 5.41) is 11.3. The molecule has 0 aliphatic heterocycles. The second-order valence-electron chi connectivity index (χ2n) is 7.03. The van der Waals surface area contributed by atoms with Crippen LogP contribution in [0.1, 0.15) is 50.7 Å². The standard InChI is InChI=1S/C23H30N4O3/c1-3-5-21(28)26-19-11-7-17(8-12-19)15-24-23(30)25-16-18-9-13-20(14-10-18)27-22(29)6-4-2/h7-14H,3-6,15-16H2,1-2H3,(H,26,28)(H,27,29)(H2,24,25,30). The molecule has 0 spiro atoms. The average molecular weight is 411 g/mol. The molecule has 2 aromatic rings. The highest BCUT2D eigenvalue weighted by atomic mass is 16.2. The predicted octanol–water partition coefficient (Wildman–Crippen LogP) is 4.16. The van der Waals surface area contributed by atoms with E-state index in [-0.39, 0.29) is 17.8 Å². The highest BCUT2D eigenvalue weighted by Gasteiger charge is 2.04. The van der Waals surface area contributed by atoms with Gasteiger partial charge in [-0.2, -0.15) is 0 Å². The molecule has 0 saturated carbocycles. The molecule has 0 aliphatic carbocycles. The fraction of sp³-hybridized carbons (Fsp3) is 0.348. The van der Waals surface area contributed by atoms with Crippen LogP contribution in [-0.4, -0.2) is 17.8 Å². The minimum absolute atomic E-state index is 0.000810. The van der Waals surface area contributed by atoms with Crippen LogP contribution in [0.4, 0.5) is 16.2 Å². The second kappa shape index (κ2) is 12.3. The maximum absolute atomic E-state index is 12.0. The number of rotatable bonds is 10. The smallest absolute Gasteiger partial charge is 0.315 e. The van der Waals surface area contributed by atoms with Crippen LogP contribution in [0, 0.1) is 0 Å². The lowest BCUT2D eigenvalue weighted by Crippen LogP contribution is -2.34. The SMILES string of the molecule is CCCC(=O)Nc1ccc(CNC(=O)NCc2ccc(NC(=O)CCC)cc2)cc1. The van der Waals surface area contributed by atoms with Crippen LogP contribution in [0.3, 0.4) is 0 Å². The summed E-state index contributed by atoms with van der Waals surface area (Å²) in [4.78, 5) is 35.2. The molecule has 160 valence electrons. The van der Waals surface area contributed by atoms with Gasteiger partial charge in [0.05, 0.1) is 0 Å². The Hall–Kier alpha value is -3.35. The van der Waals surface area contributed by atoms with Crippen LogP contribution in [0.15, 0.2) is 48.5 Å². The van der Waals surface area contributed by atoms with Gasteiger partial charge in [-0.05, 0) is 48.2 Å². The number of hydrogen-bond acceptors (Lipinski definition) is 3. The van der Waals surface area contributed by atoms with E-state index < -0.39 is 0 Å². The van der Waals surface area contributed by atoms with Crippen molar-refractivity contribution in [2.24, 2.45) is 0 Å². The van der Waals surface area contributed by atoms with E-state index in [1.54, 1.807) is 0 Å². The number of carbonyl (C=O) groups excluding carboxylic acids is 3. The number of hydrogen-bond donors (Lipinski definition) is 4. The van der Waals surface area contributed by atoms with Gasteiger partial charge in [-0.1, -0.05) is 38.1 Å². The second-order valence-corrected chi connectivity index (χ2v) is 7.03. The van der Waals surface area contributed by atoms with Crippen molar-refractivity contribution in [2.45, 2.75) is 52.6 Å². The van der Waals surface area contributed by atoms with Gasteiger partial charge in [0.1, 0.15) is 0 Å². The zero-order chi connectivity index (χ0) is 21.8. The lowest BCUT2D eigenvalue weighted by molar-refractivity contribution is -0.117. The summed E-state index contributed by atoms with van der Waals surface area (Å²) < 4.78 is 0. The molecule has 4 amide bonds. The highest BCUT2D eigenvalue weighted by molar-refractivity contribution is 5.91. The van der Waals surface area contributed by atoms with Crippen molar-refractivity contribution < 1.29 is 14.4 Å². The van der Waals surface area contributed by atoms with Crippen molar-refractivity contribution >= 4 is 29.2 Å². The lowest BCUT2D eigenvalue weighted by Gasteiger charge is -2.10. The topological polar surface area (TPSA) is 99.3 Å². The summed E-state index contributed by atoms with van der Waals surface area (Å²) in [6, 6.07) is 14.5. The van der Waals surface area contributed by atoms with Gasteiger partial charge < -0.3 is 21.3 Å². The van der Waals surface area contributed by atoms with Crippen molar-refractivity contribution in [1.82, 2.24) is 10.6 Å². The van der Waals surface area contributed by atoms with Crippen LogP contribution in [0.25, 0.3) is 0 Å². The molecule has 30 heavy (non-hydrogen) atoms. The van der Waals surface area contributed by atoms with Gasteiger partial charge in [0, 0.05) is 37.3 Å². The van der Waals surface area contributed by atoms with Crippen LogP contribution >= 0.6 is 0 Å². The third-order valence-electron chi connectivity index (χ3n) is 4.34. The lowest BCUT2D eigenvalue weighted by atomic mass is 10.2. The first kappa shape index (κ1) is 22.9. The number of nitrogens with one attached hydrogen (secondary N) is 4. The van der Waals surface area contributed by atoms with E-state index in [1.165, 1.54) is 0 Å². The normalized spacial score (nSPS) is 10.2. The molecule has 0 radical (unpaired) electrons. The summed E-state index contributed by atoms with van der Waals surface area (Å²) in [6.07, 6.45) is 2.62. The number of anilines is 2. The van der Waals surface area contributed by atoms with Gasteiger partial charge in [-0.25, -0.2) is 4.79 Å². The molecule has 0 fully saturated rings. The Morgan fingerprint density at radius 3 is 1.33 bits per heavy atom. The Morgan fingerprint density at radius 1 is 0.633 bits per heavy atom.